The van der Waals surface area contributed by atoms with Crippen molar-refractivity contribution >= 4 is 10.1 Å². The monoisotopic (exact) mass is 345 g/mol. The molecule has 126 valence electrons. The molecule has 0 radical (unpaired) electrons. The fourth-order valence-corrected chi connectivity index (χ4v) is 3.22. The maximum atomic E-state index is 11.9. The van der Waals surface area contributed by atoms with Gasteiger partial charge in [0.2, 0.25) is 0 Å². The second-order valence-corrected chi connectivity index (χ2v) is 7.03. The van der Waals surface area contributed by atoms with E-state index in [2.05, 4.69) is 6.07 Å². The van der Waals surface area contributed by atoms with Crippen LogP contribution in [0.2, 0.25) is 0 Å². The molecule has 0 saturated carbocycles. The maximum Gasteiger partial charge on any atom is 0.309 e. The van der Waals surface area contributed by atoms with E-state index in [9.17, 15) is 13.7 Å². The lowest BCUT2D eigenvalue weighted by molar-refractivity contribution is 0.466. The highest BCUT2D eigenvalue weighted by atomic mass is 32.2. The lowest BCUT2D eigenvalue weighted by Gasteiger charge is -2.11. The molecule has 0 amide bonds. The van der Waals surface area contributed by atoms with E-state index >= 15 is 0 Å². The zero-order valence-corrected chi connectivity index (χ0v) is 14.5. The minimum absolute atomic E-state index is 0.0228. The van der Waals surface area contributed by atoms with Gasteiger partial charge in [0.15, 0.2) is 0 Å². The highest BCUT2D eigenvalue weighted by Crippen LogP contribution is 2.29. The second-order valence-electron chi connectivity index (χ2n) is 5.34. The number of nitrogens with zero attached hydrogens (tertiary/aromatic N) is 1. The Labute approximate surface area is 142 Å². The van der Waals surface area contributed by atoms with Gasteiger partial charge >= 0.3 is 10.1 Å². The van der Waals surface area contributed by atoms with E-state index in [4.69, 9.17) is 8.92 Å². The average molecular weight is 345 g/mol. The van der Waals surface area contributed by atoms with Crippen molar-refractivity contribution < 1.29 is 17.3 Å². The predicted molar refractivity (Wildman–Crippen MR) is 91.7 cm³/mol. The van der Waals surface area contributed by atoms with Gasteiger partial charge in [-0.3, -0.25) is 0 Å². The van der Waals surface area contributed by atoms with Gasteiger partial charge in [0, 0.05) is 6.07 Å². The van der Waals surface area contributed by atoms with Crippen LogP contribution in [0.4, 0.5) is 0 Å². The van der Waals surface area contributed by atoms with Gasteiger partial charge in [-0.15, -0.1) is 0 Å². The Kier molecular flexibility index (Phi) is 5.83. The summed E-state index contributed by atoms with van der Waals surface area (Å²) in [7, 11) is -3.61. The van der Waals surface area contributed by atoms with Gasteiger partial charge in [-0.25, -0.2) is 0 Å². The molecule has 0 atom stereocenters. The molecule has 2 aromatic carbocycles. The van der Waals surface area contributed by atoms with E-state index in [0.29, 0.717) is 23.5 Å². The number of aryl methyl sites for hydroxylation is 1. The molecule has 2 aromatic rings. The second kappa shape index (κ2) is 7.84. The van der Waals surface area contributed by atoms with Crippen molar-refractivity contribution in [3.8, 4) is 23.3 Å². The molecule has 0 fully saturated rings. The first kappa shape index (κ1) is 17.8. The Morgan fingerprint density at radius 1 is 1.12 bits per heavy atom. The van der Waals surface area contributed by atoms with Gasteiger partial charge < -0.3 is 8.92 Å². The van der Waals surface area contributed by atoms with Crippen LogP contribution in [0.15, 0.2) is 42.5 Å². The van der Waals surface area contributed by atoms with Gasteiger partial charge in [-0.2, -0.15) is 13.7 Å². The molecule has 0 saturated heterocycles. The molecule has 6 heteroatoms. The minimum atomic E-state index is -3.61. The number of rotatable bonds is 7. The SMILES string of the molecule is CCCCS(=O)(=O)Oc1cccc(Oc2cccc(C)c2C#N)c1. The Morgan fingerprint density at radius 2 is 1.83 bits per heavy atom. The predicted octanol–water partition coefficient (Wildman–Crippen LogP) is 4.17. The van der Waals surface area contributed by atoms with Crippen molar-refractivity contribution in [1.29, 1.82) is 5.26 Å². The number of hydrogen-bond acceptors (Lipinski definition) is 5. The quantitative estimate of drug-likeness (QED) is 0.704. The first-order valence-corrected chi connectivity index (χ1v) is 9.22. The summed E-state index contributed by atoms with van der Waals surface area (Å²) < 4.78 is 34.5. The number of benzene rings is 2. The molecular formula is C18H19NO4S. The van der Waals surface area contributed by atoms with Crippen LogP contribution in [-0.4, -0.2) is 14.2 Å². The zero-order valence-electron chi connectivity index (χ0n) is 13.7. The number of hydrogen-bond donors (Lipinski definition) is 0. The molecule has 0 aliphatic rings. The van der Waals surface area contributed by atoms with E-state index in [-0.39, 0.29) is 11.5 Å². The Hall–Kier alpha value is -2.52. The Morgan fingerprint density at radius 3 is 2.54 bits per heavy atom. The summed E-state index contributed by atoms with van der Waals surface area (Å²) in [6.45, 7) is 3.74. The van der Waals surface area contributed by atoms with Crippen LogP contribution < -0.4 is 8.92 Å². The Balaban J connectivity index is 2.20. The summed E-state index contributed by atoms with van der Waals surface area (Å²) >= 11 is 0. The van der Waals surface area contributed by atoms with Crippen LogP contribution in [0.3, 0.4) is 0 Å². The third-order valence-corrected chi connectivity index (χ3v) is 4.59. The summed E-state index contributed by atoms with van der Waals surface area (Å²) in [5, 5.41) is 9.23. The third kappa shape index (κ3) is 4.74. The molecule has 0 aliphatic heterocycles. The molecule has 0 N–H and O–H groups in total. The summed E-state index contributed by atoms with van der Waals surface area (Å²) in [5.41, 5.74) is 1.25. The van der Waals surface area contributed by atoms with E-state index in [1.54, 1.807) is 30.3 Å². The van der Waals surface area contributed by atoms with E-state index in [0.717, 1.165) is 12.0 Å². The van der Waals surface area contributed by atoms with Gasteiger partial charge in [-0.1, -0.05) is 31.5 Å². The largest absolute Gasteiger partial charge is 0.456 e. The third-order valence-electron chi connectivity index (χ3n) is 3.35. The van der Waals surface area contributed by atoms with Crippen molar-refractivity contribution in [3.63, 3.8) is 0 Å². The first-order chi connectivity index (χ1) is 11.4. The van der Waals surface area contributed by atoms with Gasteiger partial charge in [-0.05, 0) is 37.1 Å². The number of unbranched alkanes of at least 4 members (excludes halogenated alkanes) is 1. The van der Waals surface area contributed by atoms with Crippen molar-refractivity contribution in [2.24, 2.45) is 0 Å². The summed E-state index contributed by atoms with van der Waals surface area (Å²) in [4.78, 5) is 0. The molecule has 5 nitrogen and oxygen atoms in total. The first-order valence-electron chi connectivity index (χ1n) is 7.65. The molecule has 0 unspecified atom stereocenters. The fraction of sp³-hybridized carbons (Fsp3) is 0.278. The van der Waals surface area contributed by atoms with Crippen LogP contribution in [0, 0.1) is 18.3 Å². The lowest BCUT2D eigenvalue weighted by Crippen LogP contribution is -2.13. The van der Waals surface area contributed by atoms with Crippen LogP contribution in [0.25, 0.3) is 0 Å². The number of ether oxygens (including phenoxy) is 1. The molecule has 24 heavy (non-hydrogen) atoms. The molecule has 0 aliphatic carbocycles. The van der Waals surface area contributed by atoms with Crippen molar-refractivity contribution in [2.75, 3.05) is 5.75 Å². The van der Waals surface area contributed by atoms with Crippen molar-refractivity contribution in [3.05, 3.63) is 53.6 Å². The molecule has 0 bridgehead atoms. The average Bonchev–Trinajstić information content (AvgIpc) is 2.53. The molecular weight excluding hydrogens is 326 g/mol. The Bertz CT molecular complexity index is 854. The zero-order chi connectivity index (χ0) is 17.6. The topological polar surface area (TPSA) is 76.4 Å². The van der Waals surface area contributed by atoms with Crippen molar-refractivity contribution in [2.45, 2.75) is 26.7 Å². The molecule has 0 spiro atoms. The summed E-state index contributed by atoms with van der Waals surface area (Å²) in [6.07, 6.45) is 1.32. The van der Waals surface area contributed by atoms with Crippen LogP contribution in [-0.2, 0) is 10.1 Å². The van der Waals surface area contributed by atoms with E-state index in [1.165, 1.54) is 6.07 Å². The number of nitriles is 1. The van der Waals surface area contributed by atoms with Crippen LogP contribution in [0.1, 0.15) is 30.9 Å². The smallest absolute Gasteiger partial charge is 0.309 e. The van der Waals surface area contributed by atoms with Gasteiger partial charge in [0.05, 0.1) is 11.3 Å². The van der Waals surface area contributed by atoms with Gasteiger partial charge in [0.1, 0.15) is 23.3 Å². The summed E-state index contributed by atoms with van der Waals surface area (Å²) in [6, 6.07) is 13.8. The van der Waals surface area contributed by atoms with E-state index in [1.807, 2.05) is 19.9 Å². The van der Waals surface area contributed by atoms with Crippen LogP contribution >= 0.6 is 0 Å². The van der Waals surface area contributed by atoms with E-state index < -0.39 is 10.1 Å². The molecule has 0 aromatic heterocycles. The van der Waals surface area contributed by atoms with Crippen molar-refractivity contribution in [1.82, 2.24) is 0 Å². The van der Waals surface area contributed by atoms with Crippen LogP contribution in [0.5, 0.6) is 17.2 Å². The fourth-order valence-electron chi connectivity index (χ4n) is 2.10. The molecule has 2 rings (SSSR count). The highest BCUT2D eigenvalue weighted by Gasteiger charge is 2.13. The van der Waals surface area contributed by atoms with Gasteiger partial charge in [0.25, 0.3) is 0 Å². The summed E-state index contributed by atoms with van der Waals surface area (Å²) in [5.74, 6) is 0.990. The minimum Gasteiger partial charge on any atom is -0.456 e. The highest BCUT2D eigenvalue weighted by molar-refractivity contribution is 7.87. The standard InChI is InChI=1S/C18H19NO4S/c1-3-4-11-24(20,21)23-16-9-6-8-15(12-16)22-18-10-5-7-14(2)17(18)13-19/h5-10,12H,3-4,11H2,1-2H3. The lowest BCUT2D eigenvalue weighted by atomic mass is 10.1. The normalized spacial score (nSPS) is 10.9. The maximum absolute atomic E-state index is 11.9. The molecule has 0 heterocycles.